The Labute approximate surface area is 133 Å². The summed E-state index contributed by atoms with van der Waals surface area (Å²) >= 11 is 0. The van der Waals surface area contributed by atoms with Gasteiger partial charge in [-0.2, -0.15) is 0 Å². The van der Waals surface area contributed by atoms with Crippen LogP contribution in [-0.2, 0) is 5.41 Å². The molecule has 0 amide bonds. The monoisotopic (exact) mass is 298 g/mol. The van der Waals surface area contributed by atoms with Gasteiger partial charge in [0.1, 0.15) is 5.75 Å². The third kappa shape index (κ3) is 3.50. The molecule has 0 heterocycles. The zero-order valence-electron chi connectivity index (χ0n) is 13.9. The molecule has 0 radical (unpaired) electrons. The average molecular weight is 298 g/mol. The number of aliphatic hydroxyl groups excluding tert-OH is 1. The summed E-state index contributed by atoms with van der Waals surface area (Å²) < 4.78 is 0. The van der Waals surface area contributed by atoms with E-state index in [1.54, 1.807) is 0 Å². The smallest absolute Gasteiger partial charge is 0.122 e. The second-order valence-corrected chi connectivity index (χ2v) is 6.96. The van der Waals surface area contributed by atoms with Crippen molar-refractivity contribution < 1.29 is 10.2 Å². The van der Waals surface area contributed by atoms with Gasteiger partial charge in [0, 0.05) is 12.5 Å². The predicted octanol–water partition coefficient (Wildman–Crippen LogP) is 4.51. The minimum Gasteiger partial charge on any atom is -0.507 e. The molecule has 118 valence electrons. The molecular formula is C20H26O2. The largest absolute Gasteiger partial charge is 0.507 e. The first kappa shape index (κ1) is 16.6. The van der Waals surface area contributed by atoms with E-state index in [0.29, 0.717) is 12.2 Å². The van der Waals surface area contributed by atoms with E-state index in [4.69, 9.17) is 0 Å². The minimum atomic E-state index is -0.120. The van der Waals surface area contributed by atoms with Gasteiger partial charge in [-0.25, -0.2) is 0 Å². The highest BCUT2D eigenvalue weighted by molar-refractivity contribution is 5.49. The van der Waals surface area contributed by atoms with E-state index in [-0.39, 0.29) is 17.9 Å². The summed E-state index contributed by atoms with van der Waals surface area (Å²) in [6.45, 7) is 8.40. The first-order valence-corrected chi connectivity index (χ1v) is 7.84. The van der Waals surface area contributed by atoms with Crippen LogP contribution in [0.4, 0.5) is 0 Å². The second-order valence-electron chi connectivity index (χ2n) is 6.96. The standard InChI is InChI=1S/C20H26O2/c1-14-12-16(13-18(19(14)22)20(2,3)4)17(10-11-21)15-8-6-5-7-9-15/h5-9,12-13,17,21-22H,10-11H2,1-4H3. The Balaban J connectivity index is 2.56. The van der Waals surface area contributed by atoms with Gasteiger partial charge >= 0.3 is 0 Å². The van der Waals surface area contributed by atoms with Crippen LogP contribution in [0.25, 0.3) is 0 Å². The molecule has 0 saturated carbocycles. The molecule has 0 aliphatic rings. The van der Waals surface area contributed by atoms with Crippen molar-refractivity contribution in [3.8, 4) is 5.75 Å². The van der Waals surface area contributed by atoms with Crippen LogP contribution in [0.5, 0.6) is 5.75 Å². The van der Waals surface area contributed by atoms with Gasteiger partial charge in [-0.3, -0.25) is 0 Å². The molecule has 2 aromatic rings. The van der Waals surface area contributed by atoms with E-state index in [9.17, 15) is 10.2 Å². The molecular weight excluding hydrogens is 272 g/mol. The van der Waals surface area contributed by atoms with E-state index in [0.717, 1.165) is 16.7 Å². The number of phenolic OH excluding ortho intramolecular Hbond substituents is 1. The lowest BCUT2D eigenvalue weighted by molar-refractivity contribution is 0.281. The Kier molecular flexibility index (Phi) is 4.92. The maximum absolute atomic E-state index is 10.4. The van der Waals surface area contributed by atoms with E-state index in [1.807, 2.05) is 31.2 Å². The Hall–Kier alpha value is -1.80. The van der Waals surface area contributed by atoms with Gasteiger partial charge in [0.2, 0.25) is 0 Å². The summed E-state index contributed by atoms with van der Waals surface area (Å²) in [5.41, 5.74) is 4.08. The molecule has 0 aliphatic carbocycles. The maximum Gasteiger partial charge on any atom is 0.122 e. The van der Waals surface area contributed by atoms with Crippen LogP contribution in [-0.4, -0.2) is 16.8 Å². The summed E-state index contributed by atoms with van der Waals surface area (Å²) in [6, 6.07) is 14.4. The number of hydrogen-bond donors (Lipinski definition) is 2. The molecule has 1 atom stereocenters. The lowest BCUT2D eigenvalue weighted by Crippen LogP contribution is -2.14. The van der Waals surface area contributed by atoms with Crippen molar-refractivity contribution in [3.63, 3.8) is 0 Å². The van der Waals surface area contributed by atoms with Crippen LogP contribution in [0, 0.1) is 6.92 Å². The van der Waals surface area contributed by atoms with E-state index >= 15 is 0 Å². The number of phenols is 1. The number of aryl methyl sites for hydroxylation is 1. The van der Waals surface area contributed by atoms with Crippen molar-refractivity contribution in [2.24, 2.45) is 0 Å². The first-order valence-electron chi connectivity index (χ1n) is 7.84. The van der Waals surface area contributed by atoms with Crippen LogP contribution < -0.4 is 0 Å². The second kappa shape index (κ2) is 6.53. The van der Waals surface area contributed by atoms with Crippen molar-refractivity contribution in [1.82, 2.24) is 0 Å². The zero-order chi connectivity index (χ0) is 16.3. The van der Waals surface area contributed by atoms with Crippen molar-refractivity contribution >= 4 is 0 Å². The lowest BCUT2D eigenvalue weighted by Gasteiger charge is -2.25. The summed E-state index contributed by atoms with van der Waals surface area (Å²) in [5.74, 6) is 0.527. The maximum atomic E-state index is 10.4. The molecule has 0 aliphatic heterocycles. The van der Waals surface area contributed by atoms with E-state index in [2.05, 4.69) is 39.0 Å². The van der Waals surface area contributed by atoms with Gasteiger partial charge in [0.05, 0.1) is 0 Å². The molecule has 2 heteroatoms. The van der Waals surface area contributed by atoms with Crippen molar-refractivity contribution in [2.75, 3.05) is 6.61 Å². The Bertz CT molecular complexity index is 624. The van der Waals surface area contributed by atoms with Crippen LogP contribution in [0.2, 0.25) is 0 Å². The predicted molar refractivity (Wildman–Crippen MR) is 91.5 cm³/mol. The van der Waals surface area contributed by atoms with Crippen LogP contribution in [0.1, 0.15) is 55.4 Å². The topological polar surface area (TPSA) is 40.5 Å². The number of hydrogen-bond acceptors (Lipinski definition) is 2. The fraction of sp³-hybridized carbons (Fsp3) is 0.400. The summed E-state index contributed by atoms with van der Waals surface area (Å²) in [5, 5.41) is 19.9. The third-order valence-corrected chi connectivity index (χ3v) is 4.15. The fourth-order valence-corrected chi connectivity index (χ4v) is 2.92. The number of rotatable bonds is 4. The van der Waals surface area contributed by atoms with Crippen molar-refractivity contribution in [3.05, 3.63) is 64.7 Å². The van der Waals surface area contributed by atoms with Gasteiger partial charge in [0.25, 0.3) is 0 Å². The number of benzene rings is 2. The minimum absolute atomic E-state index is 0.120. The molecule has 1 unspecified atom stereocenters. The third-order valence-electron chi connectivity index (χ3n) is 4.15. The molecule has 0 fully saturated rings. The van der Waals surface area contributed by atoms with Crippen LogP contribution in [0.3, 0.4) is 0 Å². The zero-order valence-corrected chi connectivity index (χ0v) is 13.9. The fourth-order valence-electron chi connectivity index (χ4n) is 2.92. The summed E-state index contributed by atoms with van der Waals surface area (Å²) in [4.78, 5) is 0. The van der Waals surface area contributed by atoms with Crippen molar-refractivity contribution in [1.29, 1.82) is 0 Å². The summed E-state index contributed by atoms with van der Waals surface area (Å²) in [6.07, 6.45) is 0.678. The SMILES string of the molecule is Cc1cc(C(CCO)c2ccccc2)cc(C(C)(C)C)c1O. The Morgan fingerprint density at radius 3 is 2.18 bits per heavy atom. The molecule has 2 nitrogen and oxygen atoms in total. The molecule has 0 bridgehead atoms. The number of aromatic hydroxyl groups is 1. The molecule has 2 N–H and O–H groups in total. The molecule has 0 spiro atoms. The molecule has 22 heavy (non-hydrogen) atoms. The van der Waals surface area contributed by atoms with Crippen LogP contribution >= 0.6 is 0 Å². The first-order chi connectivity index (χ1) is 10.3. The van der Waals surface area contributed by atoms with Gasteiger partial charge in [-0.15, -0.1) is 0 Å². The highest BCUT2D eigenvalue weighted by Gasteiger charge is 2.23. The Morgan fingerprint density at radius 1 is 1.00 bits per heavy atom. The van der Waals surface area contributed by atoms with E-state index in [1.165, 1.54) is 5.56 Å². The highest BCUT2D eigenvalue weighted by Crippen LogP contribution is 2.38. The quantitative estimate of drug-likeness (QED) is 0.871. The van der Waals surface area contributed by atoms with Crippen LogP contribution in [0.15, 0.2) is 42.5 Å². The van der Waals surface area contributed by atoms with Gasteiger partial charge in [-0.1, -0.05) is 63.2 Å². The Morgan fingerprint density at radius 2 is 1.64 bits per heavy atom. The molecule has 0 aromatic heterocycles. The molecule has 2 rings (SSSR count). The van der Waals surface area contributed by atoms with Gasteiger partial charge in [-0.05, 0) is 41.0 Å². The number of aliphatic hydroxyl groups is 1. The molecule has 0 saturated heterocycles. The highest BCUT2D eigenvalue weighted by atomic mass is 16.3. The molecule has 2 aromatic carbocycles. The van der Waals surface area contributed by atoms with Gasteiger partial charge in [0.15, 0.2) is 0 Å². The van der Waals surface area contributed by atoms with E-state index < -0.39 is 0 Å². The lowest BCUT2D eigenvalue weighted by atomic mass is 9.80. The van der Waals surface area contributed by atoms with Gasteiger partial charge < -0.3 is 10.2 Å². The normalized spacial score (nSPS) is 13.1. The van der Waals surface area contributed by atoms with Crippen molar-refractivity contribution in [2.45, 2.75) is 45.4 Å². The summed E-state index contributed by atoms with van der Waals surface area (Å²) in [7, 11) is 0. The average Bonchev–Trinajstić information content (AvgIpc) is 2.47.